The van der Waals surface area contributed by atoms with E-state index in [1.807, 2.05) is 0 Å². The smallest absolute Gasteiger partial charge is 0.345 e. The number of halogens is 4. The lowest BCUT2D eigenvalue weighted by atomic mass is 10.2. The average molecular weight is 344 g/mol. The van der Waals surface area contributed by atoms with E-state index >= 15 is 0 Å². The number of hydrazine groups is 1. The fourth-order valence-corrected chi connectivity index (χ4v) is 2.27. The molecule has 3 N–H and O–H groups in total. The van der Waals surface area contributed by atoms with Gasteiger partial charge in [-0.2, -0.15) is 13.2 Å². The van der Waals surface area contributed by atoms with Crippen LogP contribution in [0.1, 0.15) is 16.2 Å². The summed E-state index contributed by atoms with van der Waals surface area (Å²) < 4.78 is 53.6. The Morgan fingerprint density at radius 1 is 1.21 bits per heavy atom. The molecule has 128 valence electrons. The molecular formula is C13H12F4N6O. The van der Waals surface area contributed by atoms with Crippen LogP contribution in [0.5, 0.6) is 0 Å². The minimum absolute atomic E-state index is 0.0560. The number of aromatic nitrogens is 3. The molecule has 1 aliphatic heterocycles. The van der Waals surface area contributed by atoms with Gasteiger partial charge in [-0.05, 0) is 24.3 Å². The van der Waals surface area contributed by atoms with E-state index in [4.69, 9.17) is 0 Å². The number of amides is 1. The standard InChI is InChI=1S/C13H12F4N6O/c14-7-1-3-9(4-2-7)23-11(13(15,16)17)10(21-22-23)12(24)20-8-5-18-19-6-8/h1-4,8,18-19H,5-6H2,(H,20,24). The first-order valence-corrected chi connectivity index (χ1v) is 6.91. The largest absolute Gasteiger partial charge is 0.435 e. The summed E-state index contributed by atoms with van der Waals surface area (Å²) in [7, 11) is 0. The highest BCUT2D eigenvalue weighted by molar-refractivity contribution is 5.93. The van der Waals surface area contributed by atoms with Gasteiger partial charge in [0.15, 0.2) is 11.4 Å². The first kappa shape index (κ1) is 16.3. The Balaban J connectivity index is 1.97. The molecule has 1 aromatic carbocycles. The Morgan fingerprint density at radius 3 is 2.42 bits per heavy atom. The summed E-state index contributed by atoms with van der Waals surface area (Å²) >= 11 is 0. The van der Waals surface area contributed by atoms with E-state index in [0.29, 0.717) is 17.8 Å². The summed E-state index contributed by atoms with van der Waals surface area (Å²) in [4.78, 5) is 12.1. The zero-order valence-corrected chi connectivity index (χ0v) is 12.1. The van der Waals surface area contributed by atoms with Gasteiger partial charge in [-0.15, -0.1) is 5.10 Å². The number of hydrogen-bond donors (Lipinski definition) is 3. The monoisotopic (exact) mass is 344 g/mol. The van der Waals surface area contributed by atoms with E-state index in [1.165, 1.54) is 0 Å². The highest BCUT2D eigenvalue weighted by atomic mass is 19.4. The van der Waals surface area contributed by atoms with Gasteiger partial charge in [0.2, 0.25) is 0 Å². The van der Waals surface area contributed by atoms with Crippen molar-refractivity contribution in [1.29, 1.82) is 0 Å². The normalized spacial score (nSPS) is 15.7. The maximum Gasteiger partial charge on any atom is 0.435 e. The lowest BCUT2D eigenvalue weighted by Crippen LogP contribution is -2.39. The fraction of sp³-hybridized carbons (Fsp3) is 0.308. The molecule has 0 bridgehead atoms. The Kier molecular flexibility index (Phi) is 4.20. The van der Waals surface area contributed by atoms with Crippen LogP contribution in [0, 0.1) is 5.82 Å². The molecule has 24 heavy (non-hydrogen) atoms. The maximum absolute atomic E-state index is 13.4. The van der Waals surface area contributed by atoms with Gasteiger partial charge < -0.3 is 5.32 Å². The molecule has 7 nitrogen and oxygen atoms in total. The van der Waals surface area contributed by atoms with Gasteiger partial charge in [-0.1, -0.05) is 5.21 Å². The molecule has 0 unspecified atom stereocenters. The highest BCUT2D eigenvalue weighted by Gasteiger charge is 2.42. The van der Waals surface area contributed by atoms with Gasteiger partial charge in [0.05, 0.1) is 11.7 Å². The highest BCUT2D eigenvalue weighted by Crippen LogP contribution is 2.32. The van der Waals surface area contributed by atoms with Gasteiger partial charge in [-0.25, -0.2) is 9.07 Å². The van der Waals surface area contributed by atoms with Crippen molar-refractivity contribution in [2.45, 2.75) is 12.2 Å². The topological polar surface area (TPSA) is 83.9 Å². The number of nitrogens with one attached hydrogen (secondary N) is 3. The Hall–Kier alpha value is -2.53. The molecule has 0 saturated carbocycles. The second kappa shape index (κ2) is 6.17. The third kappa shape index (κ3) is 3.21. The van der Waals surface area contributed by atoms with E-state index in [1.54, 1.807) is 0 Å². The van der Waals surface area contributed by atoms with Crippen molar-refractivity contribution in [3.05, 3.63) is 41.5 Å². The molecule has 0 aliphatic carbocycles. The molecular weight excluding hydrogens is 332 g/mol. The van der Waals surface area contributed by atoms with Crippen LogP contribution in [0.25, 0.3) is 5.69 Å². The Morgan fingerprint density at radius 2 is 1.83 bits per heavy atom. The predicted molar refractivity (Wildman–Crippen MR) is 73.6 cm³/mol. The minimum Gasteiger partial charge on any atom is -0.345 e. The van der Waals surface area contributed by atoms with Crippen LogP contribution in [0.4, 0.5) is 17.6 Å². The number of carbonyl (C=O) groups excluding carboxylic acids is 1. The molecule has 0 radical (unpaired) electrons. The van der Waals surface area contributed by atoms with Gasteiger partial charge in [0.1, 0.15) is 5.82 Å². The van der Waals surface area contributed by atoms with Crippen molar-refractivity contribution in [3.8, 4) is 5.69 Å². The van der Waals surface area contributed by atoms with Gasteiger partial charge in [0, 0.05) is 13.1 Å². The maximum atomic E-state index is 13.4. The van der Waals surface area contributed by atoms with Crippen LogP contribution >= 0.6 is 0 Å². The van der Waals surface area contributed by atoms with Crippen molar-refractivity contribution >= 4 is 5.91 Å². The second-order valence-electron chi connectivity index (χ2n) is 5.10. The third-order valence-electron chi connectivity index (χ3n) is 3.38. The zero-order valence-electron chi connectivity index (χ0n) is 12.1. The molecule has 3 rings (SSSR count). The molecule has 1 saturated heterocycles. The van der Waals surface area contributed by atoms with E-state index < -0.39 is 29.3 Å². The Bertz CT molecular complexity index is 736. The second-order valence-corrected chi connectivity index (χ2v) is 5.10. The summed E-state index contributed by atoms with van der Waals surface area (Å²) in [5, 5.41) is 9.22. The molecule has 11 heteroatoms. The first-order valence-electron chi connectivity index (χ1n) is 6.91. The van der Waals surface area contributed by atoms with Crippen LogP contribution in [-0.2, 0) is 6.18 Å². The zero-order chi connectivity index (χ0) is 17.3. The molecule has 1 aromatic heterocycles. The van der Waals surface area contributed by atoms with Crippen molar-refractivity contribution in [2.75, 3.05) is 13.1 Å². The summed E-state index contributed by atoms with van der Waals surface area (Å²) in [5.41, 5.74) is 3.29. The quantitative estimate of drug-likeness (QED) is 0.712. The number of carbonyl (C=O) groups is 1. The van der Waals surface area contributed by atoms with E-state index in [9.17, 15) is 22.4 Å². The third-order valence-corrected chi connectivity index (χ3v) is 3.38. The minimum atomic E-state index is -4.86. The lowest BCUT2D eigenvalue weighted by Gasteiger charge is -2.13. The Labute approximate surface area is 133 Å². The predicted octanol–water partition coefficient (Wildman–Crippen LogP) is 0.631. The van der Waals surface area contributed by atoms with Crippen molar-refractivity contribution in [3.63, 3.8) is 0 Å². The SMILES string of the molecule is O=C(NC1CNNC1)c1nnn(-c2ccc(F)cc2)c1C(F)(F)F. The van der Waals surface area contributed by atoms with Crippen LogP contribution < -0.4 is 16.2 Å². The molecule has 2 heterocycles. The number of hydrogen-bond acceptors (Lipinski definition) is 5. The molecule has 1 fully saturated rings. The first-order chi connectivity index (χ1) is 11.4. The van der Waals surface area contributed by atoms with E-state index in [-0.39, 0.29) is 11.7 Å². The van der Waals surface area contributed by atoms with Crippen LogP contribution in [0.15, 0.2) is 24.3 Å². The molecule has 1 aliphatic rings. The summed E-state index contributed by atoms with van der Waals surface area (Å²) in [6.45, 7) is 0.748. The van der Waals surface area contributed by atoms with Crippen LogP contribution in [-0.4, -0.2) is 40.0 Å². The molecule has 2 aromatic rings. The average Bonchev–Trinajstić information content (AvgIpc) is 3.16. The van der Waals surface area contributed by atoms with Gasteiger partial charge >= 0.3 is 6.18 Å². The number of benzene rings is 1. The fourth-order valence-electron chi connectivity index (χ4n) is 2.27. The van der Waals surface area contributed by atoms with Crippen molar-refractivity contribution < 1.29 is 22.4 Å². The van der Waals surface area contributed by atoms with Crippen molar-refractivity contribution in [1.82, 2.24) is 31.2 Å². The van der Waals surface area contributed by atoms with Crippen LogP contribution in [0.2, 0.25) is 0 Å². The number of alkyl halides is 3. The summed E-state index contributed by atoms with van der Waals surface area (Å²) in [6.07, 6.45) is -4.86. The van der Waals surface area contributed by atoms with Crippen LogP contribution in [0.3, 0.4) is 0 Å². The van der Waals surface area contributed by atoms with E-state index in [0.717, 1.165) is 24.3 Å². The van der Waals surface area contributed by atoms with E-state index in [2.05, 4.69) is 26.5 Å². The number of nitrogens with zero attached hydrogens (tertiary/aromatic N) is 3. The molecule has 0 atom stereocenters. The molecule has 1 amide bonds. The summed E-state index contributed by atoms with van der Waals surface area (Å²) in [6, 6.07) is 3.85. The number of rotatable bonds is 3. The van der Waals surface area contributed by atoms with Gasteiger partial charge in [-0.3, -0.25) is 15.6 Å². The van der Waals surface area contributed by atoms with Crippen molar-refractivity contribution in [2.24, 2.45) is 0 Å². The summed E-state index contributed by atoms with van der Waals surface area (Å²) in [5.74, 6) is -1.59. The molecule has 0 spiro atoms. The van der Waals surface area contributed by atoms with Gasteiger partial charge in [0.25, 0.3) is 5.91 Å². The lowest BCUT2D eigenvalue weighted by molar-refractivity contribution is -0.143.